The molecule has 4 heterocycles. The van der Waals surface area contributed by atoms with Crippen LogP contribution in [0.1, 0.15) is 19.0 Å². The molecule has 0 amide bonds. The molecule has 1 unspecified atom stereocenters. The van der Waals surface area contributed by atoms with Crippen LogP contribution in [0.4, 0.5) is 19.0 Å². The molecule has 1 saturated heterocycles. The summed E-state index contributed by atoms with van der Waals surface area (Å²) < 4.78 is 46.5. The Balaban J connectivity index is 1.78. The number of fused-ring (bicyclic) bond motifs is 1. The second-order valence-corrected chi connectivity index (χ2v) is 7.17. The van der Waals surface area contributed by atoms with Gasteiger partial charge in [-0.25, -0.2) is 14.5 Å². The summed E-state index contributed by atoms with van der Waals surface area (Å²) in [5.41, 5.74) is -2.97. The number of ether oxygens (including phenoxy) is 1. The van der Waals surface area contributed by atoms with Crippen LogP contribution >= 0.6 is 0 Å². The van der Waals surface area contributed by atoms with Gasteiger partial charge in [-0.15, -0.1) is 0 Å². The van der Waals surface area contributed by atoms with E-state index in [-0.39, 0.29) is 17.4 Å². The second kappa shape index (κ2) is 7.36. The summed E-state index contributed by atoms with van der Waals surface area (Å²) in [4.78, 5) is 12.8. The van der Waals surface area contributed by atoms with Crippen LogP contribution in [0.5, 0.6) is 5.75 Å². The zero-order valence-corrected chi connectivity index (χ0v) is 16.2. The van der Waals surface area contributed by atoms with E-state index in [2.05, 4.69) is 30.7 Å². The summed E-state index contributed by atoms with van der Waals surface area (Å²) in [7, 11) is 1.20. The molecular weight excluding hydrogens is 403 g/mol. The third kappa shape index (κ3) is 3.52. The van der Waals surface area contributed by atoms with Crippen LogP contribution in [0, 0.1) is 0 Å². The van der Waals surface area contributed by atoms with Gasteiger partial charge in [0, 0.05) is 18.7 Å². The number of imidazole rings is 1. The van der Waals surface area contributed by atoms with Gasteiger partial charge in [0.05, 0.1) is 25.7 Å². The highest BCUT2D eigenvalue weighted by Gasteiger charge is 2.54. The Morgan fingerprint density at radius 1 is 1.30 bits per heavy atom. The van der Waals surface area contributed by atoms with Crippen LogP contribution < -0.4 is 15.4 Å². The van der Waals surface area contributed by atoms with Gasteiger partial charge in [0.15, 0.2) is 5.65 Å². The summed E-state index contributed by atoms with van der Waals surface area (Å²) in [6.45, 7) is 2.34. The molecular formula is C18H20F3N7O2. The molecule has 3 N–H and O–H groups in total. The van der Waals surface area contributed by atoms with Crippen LogP contribution in [-0.4, -0.2) is 62.1 Å². The number of aliphatic hydroxyl groups is 1. The maximum atomic E-state index is 13.4. The first-order chi connectivity index (χ1) is 14.2. The van der Waals surface area contributed by atoms with E-state index in [0.29, 0.717) is 24.1 Å². The second-order valence-electron chi connectivity index (χ2n) is 7.17. The molecule has 9 nitrogen and oxygen atoms in total. The molecule has 12 heteroatoms. The standard InChI is InChI=1S/C18H20F3N7O2/c1-17(29,18(19,20)21)16-13(30-2)5-15-24-8-12(28(15)27-16)11-7-23-9-14(26-11)25-10-3-4-22-6-10/h5,7-10,22,29H,3-4,6H2,1-2H3,(H,25,26)/t10-,17?/m1/s1. The van der Waals surface area contributed by atoms with Crippen molar-refractivity contribution in [3.05, 3.63) is 30.4 Å². The third-order valence-electron chi connectivity index (χ3n) is 5.00. The highest BCUT2D eigenvalue weighted by Crippen LogP contribution is 2.41. The molecule has 30 heavy (non-hydrogen) atoms. The maximum Gasteiger partial charge on any atom is 0.422 e. The van der Waals surface area contributed by atoms with Crippen molar-refractivity contribution < 1.29 is 23.0 Å². The minimum absolute atomic E-state index is 0.215. The van der Waals surface area contributed by atoms with Crippen molar-refractivity contribution in [2.45, 2.75) is 31.2 Å². The van der Waals surface area contributed by atoms with Crippen LogP contribution in [-0.2, 0) is 5.60 Å². The van der Waals surface area contributed by atoms with Crippen molar-refractivity contribution in [1.29, 1.82) is 0 Å². The summed E-state index contributed by atoms with van der Waals surface area (Å²) in [6.07, 6.45) is 0.453. The molecule has 0 radical (unpaired) electrons. The van der Waals surface area contributed by atoms with E-state index in [1.54, 1.807) is 6.20 Å². The first-order valence-electron chi connectivity index (χ1n) is 9.22. The molecule has 0 aromatic carbocycles. The summed E-state index contributed by atoms with van der Waals surface area (Å²) >= 11 is 0. The number of hydrogen-bond donors (Lipinski definition) is 3. The van der Waals surface area contributed by atoms with E-state index in [1.807, 2.05) is 0 Å². The molecule has 2 atom stereocenters. The summed E-state index contributed by atoms with van der Waals surface area (Å²) in [5.74, 6) is 0.310. The van der Waals surface area contributed by atoms with E-state index in [1.165, 1.54) is 30.1 Å². The summed E-state index contributed by atoms with van der Waals surface area (Å²) in [6, 6.07) is 1.50. The first-order valence-corrected chi connectivity index (χ1v) is 9.22. The quantitative estimate of drug-likeness (QED) is 0.569. The Morgan fingerprint density at radius 2 is 2.10 bits per heavy atom. The molecule has 3 aromatic rings. The van der Waals surface area contributed by atoms with Gasteiger partial charge < -0.3 is 20.5 Å². The Bertz CT molecular complexity index is 1060. The Morgan fingerprint density at radius 3 is 2.77 bits per heavy atom. The molecule has 0 spiro atoms. The highest BCUT2D eigenvalue weighted by molar-refractivity contribution is 5.61. The smallest absolute Gasteiger partial charge is 0.422 e. The largest absolute Gasteiger partial charge is 0.495 e. The number of hydrogen-bond acceptors (Lipinski definition) is 8. The normalized spacial score (nSPS) is 19.1. The molecule has 1 aliphatic heterocycles. The lowest BCUT2D eigenvalue weighted by molar-refractivity contribution is -0.261. The highest BCUT2D eigenvalue weighted by atomic mass is 19.4. The van der Waals surface area contributed by atoms with Crippen molar-refractivity contribution in [1.82, 2.24) is 29.9 Å². The number of methoxy groups -OCH3 is 1. The number of anilines is 1. The molecule has 1 aliphatic rings. The molecule has 0 bridgehead atoms. The molecule has 0 aliphatic carbocycles. The Labute approximate surface area is 169 Å². The van der Waals surface area contributed by atoms with Crippen LogP contribution in [0.15, 0.2) is 24.7 Å². The Kier molecular flexibility index (Phi) is 4.98. The van der Waals surface area contributed by atoms with Crippen molar-refractivity contribution in [3.63, 3.8) is 0 Å². The predicted molar refractivity (Wildman–Crippen MR) is 101 cm³/mol. The maximum absolute atomic E-state index is 13.4. The van der Waals surface area contributed by atoms with E-state index in [9.17, 15) is 18.3 Å². The van der Waals surface area contributed by atoms with Crippen molar-refractivity contribution >= 4 is 11.5 Å². The van der Waals surface area contributed by atoms with E-state index in [0.717, 1.165) is 19.5 Å². The molecule has 3 aromatic heterocycles. The topological polar surface area (TPSA) is 109 Å². The van der Waals surface area contributed by atoms with Gasteiger partial charge in [0.1, 0.15) is 28.6 Å². The van der Waals surface area contributed by atoms with Gasteiger partial charge in [-0.1, -0.05) is 0 Å². The van der Waals surface area contributed by atoms with E-state index in [4.69, 9.17) is 4.74 Å². The fourth-order valence-electron chi connectivity index (χ4n) is 3.25. The number of nitrogens with zero attached hydrogens (tertiary/aromatic N) is 5. The van der Waals surface area contributed by atoms with Gasteiger partial charge in [0.2, 0.25) is 5.60 Å². The fraction of sp³-hybridized carbons (Fsp3) is 0.444. The first kappa shape index (κ1) is 20.3. The molecule has 160 valence electrons. The zero-order chi connectivity index (χ0) is 21.5. The van der Waals surface area contributed by atoms with E-state index >= 15 is 0 Å². The SMILES string of the molecule is COc1cc2ncc(-c3cncc(N[C@@H]4CCNC4)n3)n2nc1C(C)(O)C(F)(F)F. The Hall–Kier alpha value is -2.99. The fourth-order valence-corrected chi connectivity index (χ4v) is 3.25. The van der Waals surface area contributed by atoms with Gasteiger partial charge in [-0.2, -0.15) is 18.3 Å². The van der Waals surface area contributed by atoms with Gasteiger partial charge in [0.25, 0.3) is 0 Å². The van der Waals surface area contributed by atoms with E-state index < -0.39 is 17.5 Å². The lowest BCUT2D eigenvalue weighted by atomic mass is 10.0. The number of rotatable bonds is 5. The van der Waals surface area contributed by atoms with Crippen molar-refractivity contribution in [3.8, 4) is 17.1 Å². The monoisotopic (exact) mass is 423 g/mol. The number of halogens is 3. The van der Waals surface area contributed by atoms with Crippen molar-refractivity contribution in [2.75, 3.05) is 25.5 Å². The molecule has 0 saturated carbocycles. The molecule has 4 rings (SSSR count). The lowest BCUT2D eigenvalue weighted by Crippen LogP contribution is -2.40. The lowest BCUT2D eigenvalue weighted by Gasteiger charge is -2.26. The average molecular weight is 423 g/mol. The summed E-state index contributed by atoms with van der Waals surface area (Å²) in [5, 5.41) is 20.7. The molecule has 1 fully saturated rings. The van der Waals surface area contributed by atoms with Crippen LogP contribution in [0.3, 0.4) is 0 Å². The van der Waals surface area contributed by atoms with Crippen LogP contribution in [0.2, 0.25) is 0 Å². The van der Waals surface area contributed by atoms with Crippen molar-refractivity contribution in [2.24, 2.45) is 0 Å². The van der Waals surface area contributed by atoms with Gasteiger partial charge in [-0.3, -0.25) is 4.98 Å². The van der Waals surface area contributed by atoms with Gasteiger partial charge >= 0.3 is 6.18 Å². The minimum Gasteiger partial charge on any atom is -0.495 e. The minimum atomic E-state index is -4.96. The van der Waals surface area contributed by atoms with Gasteiger partial charge in [-0.05, 0) is 19.9 Å². The number of aromatic nitrogens is 5. The number of alkyl halides is 3. The predicted octanol–water partition coefficient (Wildman–Crippen LogP) is 1.74. The zero-order valence-electron chi connectivity index (χ0n) is 16.2. The number of nitrogens with one attached hydrogen (secondary N) is 2. The average Bonchev–Trinajstić information content (AvgIpc) is 3.35. The third-order valence-corrected chi connectivity index (χ3v) is 5.00. The van der Waals surface area contributed by atoms with Crippen LogP contribution in [0.25, 0.3) is 17.0 Å².